The Morgan fingerprint density at radius 1 is 1.44 bits per heavy atom. The molecule has 0 bridgehead atoms. The van der Waals surface area contributed by atoms with Gasteiger partial charge in [-0.25, -0.2) is 4.79 Å². The van der Waals surface area contributed by atoms with E-state index >= 15 is 0 Å². The third-order valence-electron chi connectivity index (χ3n) is 5.51. The first-order valence-corrected chi connectivity index (χ1v) is 9.80. The lowest BCUT2D eigenvalue weighted by molar-refractivity contribution is -0.00393. The average Bonchev–Trinajstić information content (AvgIpc) is 3.04. The van der Waals surface area contributed by atoms with E-state index in [2.05, 4.69) is 44.5 Å². The van der Waals surface area contributed by atoms with E-state index in [1.165, 1.54) is 0 Å². The Morgan fingerprint density at radius 3 is 2.81 bits per heavy atom. The molecule has 1 atom stereocenters. The summed E-state index contributed by atoms with van der Waals surface area (Å²) in [6.07, 6.45) is 5.63. The summed E-state index contributed by atoms with van der Waals surface area (Å²) in [4.78, 5) is 17.8. The van der Waals surface area contributed by atoms with Crippen LogP contribution >= 0.6 is 0 Å². The Hall–Kier alpha value is -2.22. The summed E-state index contributed by atoms with van der Waals surface area (Å²) in [6.45, 7) is 11.2. The van der Waals surface area contributed by atoms with Gasteiger partial charge >= 0.3 is 6.09 Å². The highest BCUT2D eigenvalue weighted by atomic mass is 16.5. The molecule has 1 amide bonds. The number of nitrogens with zero attached hydrogens (tertiary/aromatic N) is 2. The number of hydrogen-bond donors (Lipinski definition) is 1. The largest absolute Gasteiger partial charge is 0.489 e. The van der Waals surface area contributed by atoms with Gasteiger partial charge in [0.25, 0.3) is 0 Å². The van der Waals surface area contributed by atoms with Gasteiger partial charge in [-0.05, 0) is 37.7 Å². The van der Waals surface area contributed by atoms with Gasteiger partial charge in [-0.2, -0.15) is 0 Å². The van der Waals surface area contributed by atoms with Crippen LogP contribution in [0, 0.1) is 24.2 Å². The number of pyridine rings is 1. The van der Waals surface area contributed by atoms with Gasteiger partial charge in [-0.15, -0.1) is 0 Å². The molecule has 148 valence electrons. The Labute approximate surface area is 163 Å². The van der Waals surface area contributed by atoms with E-state index in [1.807, 2.05) is 13.0 Å². The Morgan fingerprint density at radius 2 is 2.19 bits per heavy atom. The molecule has 0 spiro atoms. The lowest BCUT2D eigenvalue weighted by atomic mass is 9.72. The Kier molecular flexibility index (Phi) is 6.75. The molecule has 1 aromatic heterocycles. The molecule has 0 aromatic carbocycles. The van der Waals surface area contributed by atoms with Gasteiger partial charge in [0.15, 0.2) is 0 Å². The van der Waals surface area contributed by atoms with E-state index in [1.54, 1.807) is 11.1 Å². The van der Waals surface area contributed by atoms with Crippen LogP contribution in [0.3, 0.4) is 0 Å². The second-order valence-corrected chi connectivity index (χ2v) is 8.32. The van der Waals surface area contributed by atoms with Crippen molar-refractivity contribution in [2.24, 2.45) is 5.41 Å². The third kappa shape index (κ3) is 4.74. The molecule has 5 nitrogen and oxygen atoms in total. The monoisotopic (exact) mass is 372 g/mol. The van der Waals surface area contributed by atoms with Crippen LogP contribution in [-0.2, 0) is 0 Å². The molecule has 1 N–H and O–H groups in total. The van der Waals surface area contributed by atoms with Crippen molar-refractivity contribution in [2.45, 2.75) is 72.3 Å². The number of ether oxygens (including phenoxy) is 1. The first-order chi connectivity index (χ1) is 12.7. The molecule has 0 radical (unpaired) electrons. The summed E-state index contributed by atoms with van der Waals surface area (Å²) in [5.74, 6) is 6.99. The van der Waals surface area contributed by atoms with E-state index in [0.29, 0.717) is 18.9 Å². The highest BCUT2D eigenvalue weighted by Crippen LogP contribution is 2.44. The molecule has 27 heavy (non-hydrogen) atoms. The van der Waals surface area contributed by atoms with Gasteiger partial charge < -0.3 is 9.84 Å². The number of likely N-dealkylation sites (tertiary alicyclic amines) is 1. The standard InChI is InChI=1S/C22H32N2O3/c1-6-7-8-9-11-18-14-19(17(2)23-15-18)27-16-22(21(3,4)5)12-10-13-24(22)20(25)26/h14-15H,6-8,10,12-13,16H2,1-5H3,(H,25,26). The summed E-state index contributed by atoms with van der Waals surface area (Å²) >= 11 is 0. The van der Waals surface area contributed by atoms with Crippen molar-refractivity contribution in [3.05, 3.63) is 23.5 Å². The van der Waals surface area contributed by atoms with Gasteiger partial charge in [0.1, 0.15) is 12.4 Å². The molecule has 1 aliphatic heterocycles. The number of rotatable bonds is 5. The van der Waals surface area contributed by atoms with Gasteiger partial charge in [-0.3, -0.25) is 9.88 Å². The SMILES string of the molecule is CCCCC#Cc1cnc(C)c(OCC2(C(C)(C)C)CCCN2C(=O)O)c1. The minimum absolute atomic E-state index is 0.235. The van der Waals surface area contributed by atoms with Crippen LogP contribution in [0.2, 0.25) is 0 Å². The molecular formula is C22H32N2O3. The zero-order valence-electron chi connectivity index (χ0n) is 17.3. The minimum atomic E-state index is -0.878. The fourth-order valence-electron chi connectivity index (χ4n) is 3.66. The number of aryl methyl sites for hydroxylation is 1. The fourth-order valence-corrected chi connectivity index (χ4v) is 3.66. The summed E-state index contributed by atoms with van der Waals surface area (Å²) in [5.41, 5.74) is 0.838. The summed E-state index contributed by atoms with van der Waals surface area (Å²) < 4.78 is 6.16. The quantitative estimate of drug-likeness (QED) is 0.592. The summed E-state index contributed by atoms with van der Waals surface area (Å²) in [6, 6.07) is 1.91. The molecule has 1 aromatic rings. The van der Waals surface area contributed by atoms with Gasteiger partial charge in [0.05, 0.1) is 11.2 Å². The molecule has 5 heteroatoms. The zero-order chi connectivity index (χ0) is 20.1. The number of amides is 1. The average molecular weight is 373 g/mol. The molecule has 1 fully saturated rings. The number of hydrogen-bond acceptors (Lipinski definition) is 3. The van der Waals surface area contributed by atoms with Gasteiger partial charge in [-0.1, -0.05) is 46.0 Å². The summed E-state index contributed by atoms with van der Waals surface area (Å²) in [5, 5.41) is 9.69. The van der Waals surface area contributed by atoms with E-state index in [-0.39, 0.29) is 5.41 Å². The van der Waals surface area contributed by atoms with Crippen molar-refractivity contribution in [3.63, 3.8) is 0 Å². The highest BCUT2D eigenvalue weighted by molar-refractivity contribution is 5.67. The molecule has 2 heterocycles. The molecule has 1 aliphatic rings. The second kappa shape index (κ2) is 8.65. The van der Waals surface area contributed by atoms with E-state index in [9.17, 15) is 9.90 Å². The van der Waals surface area contributed by atoms with Gasteiger partial charge in [0, 0.05) is 24.7 Å². The maximum absolute atomic E-state index is 11.8. The molecule has 2 rings (SSSR count). The normalized spacial score (nSPS) is 19.5. The maximum Gasteiger partial charge on any atom is 0.407 e. The third-order valence-corrected chi connectivity index (χ3v) is 5.51. The topological polar surface area (TPSA) is 62.7 Å². The predicted molar refractivity (Wildman–Crippen MR) is 107 cm³/mol. The van der Waals surface area contributed by atoms with Crippen LogP contribution in [0.25, 0.3) is 0 Å². The second-order valence-electron chi connectivity index (χ2n) is 8.32. The lowest BCUT2D eigenvalue weighted by Gasteiger charge is -2.46. The Balaban J connectivity index is 2.22. The number of carbonyl (C=O) groups is 1. The molecular weight excluding hydrogens is 340 g/mol. The van der Waals surface area contributed by atoms with Crippen molar-refractivity contribution in [1.29, 1.82) is 0 Å². The number of carboxylic acid groups (broad SMARTS) is 1. The number of unbranched alkanes of at least 4 members (excludes halogenated alkanes) is 2. The van der Waals surface area contributed by atoms with E-state index in [4.69, 9.17) is 4.74 Å². The fraction of sp³-hybridized carbons (Fsp3) is 0.636. The van der Waals surface area contributed by atoms with Crippen molar-refractivity contribution in [1.82, 2.24) is 9.88 Å². The smallest absolute Gasteiger partial charge is 0.407 e. The minimum Gasteiger partial charge on any atom is -0.489 e. The first-order valence-electron chi connectivity index (χ1n) is 9.80. The van der Waals surface area contributed by atoms with Crippen molar-refractivity contribution in [3.8, 4) is 17.6 Å². The van der Waals surface area contributed by atoms with Crippen LogP contribution in [0.1, 0.15) is 71.1 Å². The lowest BCUT2D eigenvalue weighted by Crippen LogP contribution is -2.58. The first kappa shape index (κ1) is 21.1. The zero-order valence-corrected chi connectivity index (χ0v) is 17.3. The molecule has 0 saturated carbocycles. The maximum atomic E-state index is 11.8. The molecule has 1 saturated heterocycles. The van der Waals surface area contributed by atoms with Crippen LogP contribution in [0.4, 0.5) is 4.79 Å². The molecule has 1 unspecified atom stereocenters. The van der Waals surface area contributed by atoms with E-state index < -0.39 is 11.6 Å². The Bertz CT molecular complexity index is 727. The predicted octanol–water partition coefficient (Wildman–Crippen LogP) is 4.87. The van der Waals surface area contributed by atoms with Crippen LogP contribution in [0.15, 0.2) is 12.3 Å². The van der Waals surface area contributed by atoms with Crippen LogP contribution < -0.4 is 4.74 Å². The summed E-state index contributed by atoms with van der Waals surface area (Å²) in [7, 11) is 0. The van der Waals surface area contributed by atoms with Crippen molar-refractivity contribution in [2.75, 3.05) is 13.2 Å². The van der Waals surface area contributed by atoms with Crippen molar-refractivity contribution >= 4 is 6.09 Å². The highest BCUT2D eigenvalue weighted by Gasteiger charge is 2.52. The van der Waals surface area contributed by atoms with Crippen LogP contribution in [0.5, 0.6) is 5.75 Å². The number of aromatic nitrogens is 1. The van der Waals surface area contributed by atoms with E-state index in [0.717, 1.165) is 43.4 Å². The van der Waals surface area contributed by atoms with Crippen LogP contribution in [-0.4, -0.2) is 39.8 Å². The van der Waals surface area contributed by atoms with Gasteiger partial charge in [0.2, 0.25) is 0 Å². The van der Waals surface area contributed by atoms with Crippen molar-refractivity contribution < 1.29 is 14.6 Å². The molecule has 0 aliphatic carbocycles.